The van der Waals surface area contributed by atoms with Gasteiger partial charge in [-0.25, -0.2) is 8.78 Å². The normalized spacial score (nSPS) is 10.7. The second kappa shape index (κ2) is 6.50. The van der Waals surface area contributed by atoms with Gasteiger partial charge in [0.1, 0.15) is 11.6 Å². The van der Waals surface area contributed by atoms with Crippen molar-refractivity contribution in [3.8, 4) is 0 Å². The topological polar surface area (TPSA) is 12.0 Å². The molecule has 19 heavy (non-hydrogen) atoms. The van der Waals surface area contributed by atoms with E-state index in [0.717, 1.165) is 33.6 Å². The van der Waals surface area contributed by atoms with Crippen molar-refractivity contribution in [3.63, 3.8) is 0 Å². The molecule has 2 aromatic rings. The molecule has 5 heteroatoms. The lowest BCUT2D eigenvalue weighted by molar-refractivity contribution is 0.577. The summed E-state index contributed by atoms with van der Waals surface area (Å²) in [5.74, 6) is -0.850. The average Bonchev–Trinajstić information content (AvgIpc) is 2.37. The summed E-state index contributed by atoms with van der Waals surface area (Å²) in [6.45, 7) is 0.750. The molecule has 0 amide bonds. The van der Waals surface area contributed by atoms with Crippen molar-refractivity contribution >= 4 is 27.7 Å². The van der Waals surface area contributed by atoms with Gasteiger partial charge in [-0.2, -0.15) is 0 Å². The molecule has 0 saturated carbocycles. The van der Waals surface area contributed by atoms with Crippen LogP contribution in [0.25, 0.3) is 0 Å². The number of halogens is 3. The summed E-state index contributed by atoms with van der Waals surface area (Å²) in [5.41, 5.74) is 1.12. The molecule has 0 spiro atoms. The molecule has 0 heterocycles. The summed E-state index contributed by atoms with van der Waals surface area (Å²) in [5, 5.41) is 3.06. The summed E-state index contributed by atoms with van der Waals surface area (Å²) in [4.78, 5) is 1.14. The van der Waals surface area contributed by atoms with Gasteiger partial charge in [0.15, 0.2) is 0 Å². The maximum absolute atomic E-state index is 13.5. The maximum atomic E-state index is 13.5. The maximum Gasteiger partial charge on any atom is 0.137 e. The fourth-order valence-corrected chi connectivity index (χ4v) is 3.18. The summed E-state index contributed by atoms with van der Waals surface area (Å²) >= 11 is 4.68. The number of hydrogen-bond acceptors (Lipinski definition) is 2. The molecular formula is C14H12BrF2NS. The van der Waals surface area contributed by atoms with E-state index >= 15 is 0 Å². The standard InChI is InChI=1S/C14H12BrF2NS/c1-18-8-9-2-4-11(7-12(9)15)19-14-6-10(16)3-5-13(14)17/h2-7,18H,8H2,1H3. The van der Waals surface area contributed by atoms with E-state index in [4.69, 9.17) is 0 Å². The first kappa shape index (κ1) is 14.5. The largest absolute Gasteiger partial charge is 0.316 e. The molecule has 0 unspecified atom stereocenters. The molecule has 1 N–H and O–H groups in total. The Hall–Kier alpha value is -0.910. The zero-order chi connectivity index (χ0) is 13.8. The van der Waals surface area contributed by atoms with Crippen molar-refractivity contribution in [2.45, 2.75) is 16.3 Å². The van der Waals surface area contributed by atoms with Crippen LogP contribution in [0, 0.1) is 11.6 Å². The van der Waals surface area contributed by atoms with Gasteiger partial charge in [-0.15, -0.1) is 0 Å². The van der Waals surface area contributed by atoms with E-state index < -0.39 is 11.6 Å². The molecule has 0 saturated heterocycles. The van der Waals surface area contributed by atoms with Crippen LogP contribution in [0.2, 0.25) is 0 Å². The molecule has 100 valence electrons. The van der Waals surface area contributed by atoms with Crippen molar-refractivity contribution < 1.29 is 8.78 Å². The number of rotatable bonds is 4. The number of hydrogen-bond donors (Lipinski definition) is 1. The average molecular weight is 344 g/mol. The molecule has 2 rings (SSSR count). The van der Waals surface area contributed by atoms with Crippen molar-refractivity contribution in [1.29, 1.82) is 0 Å². The van der Waals surface area contributed by atoms with Crippen LogP contribution >= 0.6 is 27.7 Å². The molecular weight excluding hydrogens is 332 g/mol. The molecule has 1 nitrogen and oxygen atoms in total. The van der Waals surface area contributed by atoms with Crippen LogP contribution < -0.4 is 5.32 Å². The van der Waals surface area contributed by atoms with Crippen LogP contribution in [-0.4, -0.2) is 7.05 Å². The van der Waals surface area contributed by atoms with Crippen molar-refractivity contribution in [2.24, 2.45) is 0 Å². The predicted octanol–water partition coefficient (Wildman–Crippen LogP) is 4.60. The van der Waals surface area contributed by atoms with E-state index in [9.17, 15) is 8.78 Å². The van der Waals surface area contributed by atoms with E-state index in [1.165, 1.54) is 17.8 Å². The summed E-state index contributed by atoms with van der Waals surface area (Å²) in [7, 11) is 1.87. The summed E-state index contributed by atoms with van der Waals surface area (Å²) in [6, 6.07) is 9.22. The van der Waals surface area contributed by atoms with Gasteiger partial charge in [-0.05, 0) is 42.9 Å². The van der Waals surface area contributed by atoms with E-state index in [1.54, 1.807) is 0 Å². The van der Waals surface area contributed by atoms with Crippen LogP contribution in [0.1, 0.15) is 5.56 Å². The molecule has 2 aromatic carbocycles. The molecule has 0 aliphatic heterocycles. The third-order valence-corrected chi connectivity index (χ3v) is 4.27. The Kier molecular flexibility index (Phi) is 4.96. The Bertz CT molecular complexity index is 590. The van der Waals surface area contributed by atoms with Crippen molar-refractivity contribution in [1.82, 2.24) is 5.32 Å². The first-order valence-electron chi connectivity index (χ1n) is 5.66. The van der Waals surface area contributed by atoms with Gasteiger partial charge in [-0.3, -0.25) is 0 Å². The Labute approximate surface area is 123 Å². The molecule has 0 aromatic heterocycles. The Morgan fingerprint density at radius 3 is 2.63 bits per heavy atom. The Morgan fingerprint density at radius 1 is 1.16 bits per heavy atom. The van der Waals surface area contributed by atoms with Crippen LogP contribution in [0.4, 0.5) is 8.78 Å². The van der Waals surface area contributed by atoms with Gasteiger partial charge in [0.2, 0.25) is 0 Å². The van der Waals surface area contributed by atoms with Crippen LogP contribution in [0.15, 0.2) is 50.7 Å². The quantitative estimate of drug-likeness (QED) is 0.870. The van der Waals surface area contributed by atoms with E-state index in [0.29, 0.717) is 0 Å². The lowest BCUT2D eigenvalue weighted by Gasteiger charge is -2.07. The highest BCUT2D eigenvalue weighted by atomic mass is 79.9. The SMILES string of the molecule is CNCc1ccc(Sc2cc(F)ccc2F)cc1Br. The Morgan fingerprint density at radius 2 is 1.95 bits per heavy atom. The van der Waals surface area contributed by atoms with Gasteiger partial charge in [0, 0.05) is 15.9 Å². The van der Waals surface area contributed by atoms with Gasteiger partial charge >= 0.3 is 0 Å². The lowest BCUT2D eigenvalue weighted by atomic mass is 10.2. The van der Waals surface area contributed by atoms with Gasteiger partial charge in [0.25, 0.3) is 0 Å². The molecule has 0 fully saturated rings. The minimum absolute atomic E-state index is 0.285. The highest BCUT2D eigenvalue weighted by molar-refractivity contribution is 9.10. The van der Waals surface area contributed by atoms with Crippen molar-refractivity contribution in [2.75, 3.05) is 7.05 Å². The van der Waals surface area contributed by atoms with E-state index in [1.807, 2.05) is 25.2 Å². The monoisotopic (exact) mass is 343 g/mol. The summed E-state index contributed by atoms with van der Waals surface area (Å²) in [6.07, 6.45) is 0. The summed E-state index contributed by atoms with van der Waals surface area (Å²) < 4.78 is 27.6. The highest BCUT2D eigenvalue weighted by Gasteiger charge is 2.07. The lowest BCUT2D eigenvalue weighted by Crippen LogP contribution is -2.05. The zero-order valence-electron chi connectivity index (χ0n) is 10.2. The zero-order valence-corrected chi connectivity index (χ0v) is 12.6. The van der Waals surface area contributed by atoms with Gasteiger partial charge in [-0.1, -0.05) is 33.8 Å². The van der Waals surface area contributed by atoms with E-state index in [-0.39, 0.29) is 4.90 Å². The minimum Gasteiger partial charge on any atom is -0.316 e. The molecule has 0 atom stereocenters. The smallest absolute Gasteiger partial charge is 0.137 e. The van der Waals surface area contributed by atoms with Crippen LogP contribution in [-0.2, 0) is 6.54 Å². The predicted molar refractivity (Wildman–Crippen MR) is 77.4 cm³/mol. The first-order chi connectivity index (χ1) is 9.10. The van der Waals surface area contributed by atoms with Crippen LogP contribution in [0.3, 0.4) is 0 Å². The van der Waals surface area contributed by atoms with E-state index in [2.05, 4.69) is 21.2 Å². The number of benzene rings is 2. The van der Waals surface area contributed by atoms with Crippen molar-refractivity contribution in [3.05, 3.63) is 58.1 Å². The minimum atomic E-state index is -0.435. The third-order valence-electron chi connectivity index (χ3n) is 2.51. The molecule has 0 aliphatic carbocycles. The van der Waals surface area contributed by atoms with Gasteiger partial charge in [0.05, 0.1) is 4.90 Å². The second-order valence-electron chi connectivity index (χ2n) is 3.96. The highest BCUT2D eigenvalue weighted by Crippen LogP contribution is 2.32. The molecule has 0 bridgehead atoms. The Balaban J connectivity index is 2.24. The molecule has 0 radical (unpaired) electrons. The number of nitrogens with one attached hydrogen (secondary N) is 1. The fourth-order valence-electron chi connectivity index (χ4n) is 1.61. The molecule has 0 aliphatic rings. The first-order valence-corrected chi connectivity index (χ1v) is 7.27. The third kappa shape index (κ3) is 3.78. The second-order valence-corrected chi connectivity index (χ2v) is 5.93. The van der Waals surface area contributed by atoms with Gasteiger partial charge < -0.3 is 5.32 Å². The van der Waals surface area contributed by atoms with Crippen LogP contribution in [0.5, 0.6) is 0 Å². The fraction of sp³-hybridized carbons (Fsp3) is 0.143.